The van der Waals surface area contributed by atoms with Crippen LogP contribution in [-0.4, -0.2) is 23.9 Å². The largest absolute Gasteiger partial charge is 0.385 e. The van der Waals surface area contributed by atoms with Gasteiger partial charge in [0.25, 0.3) is 5.89 Å². The van der Waals surface area contributed by atoms with Crippen LogP contribution in [0.5, 0.6) is 0 Å². The first-order valence-corrected chi connectivity index (χ1v) is 7.69. The van der Waals surface area contributed by atoms with Gasteiger partial charge in [-0.15, -0.1) is 0 Å². The van der Waals surface area contributed by atoms with Crippen molar-refractivity contribution in [1.29, 1.82) is 0 Å². The summed E-state index contributed by atoms with van der Waals surface area (Å²) in [4.78, 5) is 4.37. The Kier molecular flexibility index (Phi) is 5.66. The zero-order chi connectivity index (χ0) is 16.1. The SMILES string of the molecule is CCC(CCOC)c1noc(-c2ccc(C(C)C)cc2F)n1. The maximum atomic E-state index is 14.2. The maximum absolute atomic E-state index is 14.2. The molecule has 1 heterocycles. The summed E-state index contributed by atoms with van der Waals surface area (Å²) in [6.45, 7) is 6.76. The minimum atomic E-state index is -0.327. The van der Waals surface area contributed by atoms with Gasteiger partial charge in [0.05, 0.1) is 5.56 Å². The third-order valence-electron chi connectivity index (χ3n) is 3.86. The van der Waals surface area contributed by atoms with Crippen LogP contribution in [0.15, 0.2) is 22.7 Å². The van der Waals surface area contributed by atoms with E-state index in [0.717, 1.165) is 18.4 Å². The summed E-state index contributed by atoms with van der Waals surface area (Å²) in [5.41, 5.74) is 1.30. The van der Waals surface area contributed by atoms with Gasteiger partial charge >= 0.3 is 0 Å². The number of hydrogen-bond donors (Lipinski definition) is 0. The van der Waals surface area contributed by atoms with Gasteiger partial charge in [-0.2, -0.15) is 4.98 Å². The summed E-state index contributed by atoms with van der Waals surface area (Å²) >= 11 is 0. The highest BCUT2D eigenvalue weighted by Crippen LogP contribution is 2.27. The quantitative estimate of drug-likeness (QED) is 0.754. The van der Waals surface area contributed by atoms with Crippen molar-refractivity contribution in [2.45, 2.75) is 45.4 Å². The summed E-state index contributed by atoms with van der Waals surface area (Å²) in [7, 11) is 1.67. The molecule has 1 unspecified atom stereocenters. The number of aromatic nitrogens is 2. The Balaban J connectivity index is 2.24. The molecule has 0 spiro atoms. The smallest absolute Gasteiger partial charge is 0.260 e. The molecule has 2 rings (SSSR count). The lowest BCUT2D eigenvalue weighted by Crippen LogP contribution is -2.03. The van der Waals surface area contributed by atoms with Crippen LogP contribution in [0.25, 0.3) is 11.5 Å². The summed E-state index contributed by atoms with van der Waals surface area (Å²) in [5, 5.41) is 4.01. The number of halogens is 1. The lowest BCUT2D eigenvalue weighted by molar-refractivity contribution is 0.185. The molecule has 0 aliphatic rings. The normalized spacial score (nSPS) is 12.8. The minimum absolute atomic E-state index is 0.162. The van der Waals surface area contributed by atoms with Gasteiger partial charge in [-0.25, -0.2) is 4.39 Å². The molecule has 0 bridgehead atoms. The van der Waals surface area contributed by atoms with Crippen molar-refractivity contribution in [1.82, 2.24) is 10.1 Å². The van der Waals surface area contributed by atoms with Crippen LogP contribution < -0.4 is 0 Å². The highest BCUT2D eigenvalue weighted by molar-refractivity contribution is 5.54. The van der Waals surface area contributed by atoms with Crippen molar-refractivity contribution in [2.24, 2.45) is 0 Å². The molecule has 0 saturated carbocycles. The van der Waals surface area contributed by atoms with Gasteiger partial charge in [0, 0.05) is 19.6 Å². The lowest BCUT2D eigenvalue weighted by Gasteiger charge is -2.08. The molecule has 22 heavy (non-hydrogen) atoms. The number of rotatable bonds is 7. The maximum Gasteiger partial charge on any atom is 0.260 e. The zero-order valence-electron chi connectivity index (χ0n) is 13.6. The minimum Gasteiger partial charge on any atom is -0.385 e. The molecular formula is C17H23FN2O2. The number of methoxy groups -OCH3 is 1. The third kappa shape index (κ3) is 3.71. The molecule has 5 heteroatoms. The van der Waals surface area contributed by atoms with E-state index in [9.17, 15) is 4.39 Å². The fourth-order valence-electron chi connectivity index (χ4n) is 2.35. The predicted molar refractivity (Wildman–Crippen MR) is 83.3 cm³/mol. The van der Waals surface area contributed by atoms with E-state index in [1.165, 1.54) is 6.07 Å². The second kappa shape index (κ2) is 7.49. The van der Waals surface area contributed by atoms with Crippen molar-refractivity contribution in [3.05, 3.63) is 35.4 Å². The van der Waals surface area contributed by atoms with E-state index in [1.807, 2.05) is 19.9 Å². The molecular weight excluding hydrogens is 283 g/mol. The van der Waals surface area contributed by atoms with Gasteiger partial charge in [-0.05, 0) is 36.5 Å². The molecule has 4 nitrogen and oxygen atoms in total. The zero-order valence-corrected chi connectivity index (χ0v) is 13.6. The molecule has 0 saturated heterocycles. The number of nitrogens with zero attached hydrogens (tertiary/aromatic N) is 2. The first-order valence-electron chi connectivity index (χ1n) is 7.69. The first kappa shape index (κ1) is 16.6. The highest BCUT2D eigenvalue weighted by Gasteiger charge is 2.19. The Morgan fingerprint density at radius 1 is 1.32 bits per heavy atom. The molecule has 0 N–H and O–H groups in total. The fraction of sp³-hybridized carbons (Fsp3) is 0.529. The van der Waals surface area contributed by atoms with E-state index in [2.05, 4.69) is 17.1 Å². The molecule has 0 aliphatic heterocycles. The monoisotopic (exact) mass is 306 g/mol. The summed E-state index contributed by atoms with van der Waals surface area (Å²) < 4.78 is 24.6. The molecule has 120 valence electrons. The molecule has 0 aliphatic carbocycles. The van der Waals surface area contributed by atoms with Crippen LogP contribution >= 0.6 is 0 Å². The topological polar surface area (TPSA) is 48.2 Å². The van der Waals surface area contributed by atoms with E-state index >= 15 is 0 Å². The van der Waals surface area contributed by atoms with Crippen molar-refractivity contribution in [3.8, 4) is 11.5 Å². The Morgan fingerprint density at radius 3 is 2.68 bits per heavy atom. The Bertz CT molecular complexity index is 610. The molecule has 0 amide bonds. The van der Waals surface area contributed by atoms with E-state index in [4.69, 9.17) is 9.26 Å². The Hall–Kier alpha value is -1.75. The standard InChI is InChI=1S/C17H23FN2O2/c1-5-12(8-9-21-4)16-19-17(22-20-16)14-7-6-13(11(2)3)10-15(14)18/h6-7,10-12H,5,8-9H2,1-4H3. The van der Waals surface area contributed by atoms with Gasteiger partial charge in [0.15, 0.2) is 5.82 Å². The van der Waals surface area contributed by atoms with Gasteiger partial charge in [0.1, 0.15) is 5.82 Å². The number of benzene rings is 1. The van der Waals surface area contributed by atoms with Gasteiger partial charge in [-0.1, -0.05) is 32.0 Å². The van der Waals surface area contributed by atoms with E-state index in [0.29, 0.717) is 18.0 Å². The van der Waals surface area contributed by atoms with Crippen LogP contribution in [0.4, 0.5) is 4.39 Å². The molecule has 2 aromatic rings. The molecule has 1 aromatic carbocycles. The second-order valence-corrected chi connectivity index (χ2v) is 5.74. The van der Waals surface area contributed by atoms with E-state index < -0.39 is 0 Å². The van der Waals surface area contributed by atoms with Gasteiger partial charge in [0.2, 0.25) is 0 Å². The lowest BCUT2D eigenvalue weighted by atomic mass is 10.0. The fourth-order valence-corrected chi connectivity index (χ4v) is 2.35. The summed E-state index contributed by atoms with van der Waals surface area (Å²) in [6, 6.07) is 5.14. The summed E-state index contributed by atoms with van der Waals surface area (Å²) in [5.74, 6) is 0.961. The van der Waals surface area contributed by atoms with Crippen molar-refractivity contribution >= 4 is 0 Å². The van der Waals surface area contributed by atoms with Crippen LogP contribution in [0, 0.1) is 5.82 Å². The van der Waals surface area contributed by atoms with E-state index in [-0.39, 0.29) is 23.5 Å². The predicted octanol–water partition coefficient (Wildman–Crippen LogP) is 4.53. The first-order chi connectivity index (χ1) is 10.6. The van der Waals surface area contributed by atoms with Gasteiger partial charge < -0.3 is 9.26 Å². The molecule has 0 radical (unpaired) electrons. The third-order valence-corrected chi connectivity index (χ3v) is 3.86. The van der Waals surface area contributed by atoms with Crippen LogP contribution in [0.2, 0.25) is 0 Å². The Labute approximate surface area is 130 Å². The highest BCUT2D eigenvalue weighted by atomic mass is 19.1. The molecule has 1 atom stereocenters. The molecule has 0 fully saturated rings. The van der Waals surface area contributed by atoms with Crippen molar-refractivity contribution in [3.63, 3.8) is 0 Å². The average molecular weight is 306 g/mol. The summed E-state index contributed by atoms with van der Waals surface area (Å²) in [6.07, 6.45) is 1.71. The van der Waals surface area contributed by atoms with Crippen molar-refractivity contribution in [2.75, 3.05) is 13.7 Å². The Morgan fingerprint density at radius 2 is 2.09 bits per heavy atom. The van der Waals surface area contributed by atoms with Crippen LogP contribution in [0.1, 0.15) is 56.8 Å². The average Bonchev–Trinajstić information content (AvgIpc) is 2.97. The number of ether oxygens (including phenoxy) is 1. The van der Waals surface area contributed by atoms with Crippen molar-refractivity contribution < 1.29 is 13.7 Å². The van der Waals surface area contributed by atoms with Gasteiger partial charge in [-0.3, -0.25) is 0 Å². The van der Waals surface area contributed by atoms with Crippen LogP contribution in [0.3, 0.4) is 0 Å². The second-order valence-electron chi connectivity index (χ2n) is 5.74. The van der Waals surface area contributed by atoms with Crippen LogP contribution in [-0.2, 0) is 4.74 Å². The number of hydrogen-bond acceptors (Lipinski definition) is 4. The molecule has 1 aromatic heterocycles. The van der Waals surface area contributed by atoms with E-state index in [1.54, 1.807) is 13.2 Å².